The van der Waals surface area contributed by atoms with Crippen molar-refractivity contribution in [2.75, 3.05) is 5.32 Å². The van der Waals surface area contributed by atoms with Gasteiger partial charge in [0.25, 0.3) is 11.6 Å². The predicted octanol–water partition coefficient (Wildman–Crippen LogP) is 4.34. The molecule has 0 fully saturated rings. The number of nitro benzene ring substituents is 1. The molecule has 3 aromatic rings. The highest BCUT2D eigenvalue weighted by Gasteiger charge is 2.20. The Kier molecular flexibility index (Phi) is 4.18. The molecule has 0 atom stereocenters. The van der Waals surface area contributed by atoms with Crippen LogP contribution in [0.1, 0.15) is 15.2 Å². The number of para-hydroxylation sites is 1. The van der Waals surface area contributed by atoms with Crippen LogP contribution in [-0.4, -0.2) is 15.8 Å². The maximum absolute atomic E-state index is 12.2. The molecule has 0 spiro atoms. The fourth-order valence-electron chi connectivity index (χ4n) is 2.01. The Morgan fingerprint density at radius 3 is 2.74 bits per heavy atom. The smallest absolute Gasteiger partial charge is 0.282 e. The molecule has 1 N–H and O–H groups in total. The van der Waals surface area contributed by atoms with Crippen molar-refractivity contribution in [1.82, 2.24) is 4.98 Å². The van der Waals surface area contributed by atoms with E-state index in [0.29, 0.717) is 5.13 Å². The van der Waals surface area contributed by atoms with Crippen LogP contribution in [0.4, 0.5) is 10.8 Å². The molecular weight excluding hydrogens is 334 g/mol. The first-order valence-corrected chi connectivity index (χ1v) is 8.31. The lowest BCUT2D eigenvalue weighted by Crippen LogP contribution is -2.13. The fraction of sp³-hybridized carbons (Fsp3) is 0.0667. The first-order valence-electron chi connectivity index (χ1n) is 6.61. The fourth-order valence-corrected chi connectivity index (χ4v) is 3.61. The molecule has 23 heavy (non-hydrogen) atoms. The maximum Gasteiger partial charge on any atom is 0.282 e. The number of thiazole rings is 1. The van der Waals surface area contributed by atoms with Crippen LogP contribution in [0.25, 0.3) is 10.6 Å². The van der Waals surface area contributed by atoms with E-state index in [1.165, 1.54) is 34.4 Å². The topological polar surface area (TPSA) is 85.1 Å². The van der Waals surface area contributed by atoms with E-state index in [4.69, 9.17) is 0 Å². The minimum absolute atomic E-state index is 0.0150. The van der Waals surface area contributed by atoms with Crippen LogP contribution in [0.2, 0.25) is 0 Å². The average Bonchev–Trinajstić information content (AvgIpc) is 3.16. The molecule has 2 heterocycles. The number of rotatable bonds is 4. The molecule has 1 amide bonds. The Hall–Kier alpha value is -2.58. The number of nitro groups is 1. The van der Waals surface area contributed by atoms with Crippen LogP contribution in [-0.2, 0) is 0 Å². The van der Waals surface area contributed by atoms with Crippen molar-refractivity contribution >= 4 is 39.4 Å². The van der Waals surface area contributed by atoms with Gasteiger partial charge in [-0.15, -0.1) is 22.7 Å². The Morgan fingerprint density at radius 2 is 2.04 bits per heavy atom. The highest BCUT2D eigenvalue weighted by atomic mass is 32.1. The van der Waals surface area contributed by atoms with Crippen LogP contribution in [0.5, 0.6) is 0 Å². The van der Waals surface area contributed by atoms with E-state index >= 15 is 0 Å². The minimum Gasteiger partial charge on any atom is -0.298 e. The summed E-state index contributed by atoms with van der Waals surface area (Å²) in [5.74, 6) is -0.541. The Balaban J connectivity index is 1.82. The molecule has 2 aromatic heterocycles. The van der Waals surface area contributed by atoms with Crippen molar-refractivity contribution in [3.8, 4) is 10.6 Å². The van der Waals surface area contributed by atoms with Gasteiger partial charge in [-0.25, -0.2) is 4.98 Å². The number of carbonyl (C=O) groups excluding carboxylic acids is 1. The zero-order valence-electron chi connectivity index (χ0n) is 12.0. The van der Waals surface area contributed by atoms with Gasteiger partial charge < -0.3 is 0 Å². The van der Waals surface area contributed by atoms with Gasteiger partial charge in [-0.1, -0.05) is 12.1 Å². The lowest BCUT2D eigenvalue weighted by atomic mass is 10.1. The summed E-state index contributed by atoms with van der Waals surface area (Å²) in [4.78, 5) is 29.2. The van der Waals surface area contributed by atoms with E-state index in [1.54, 1.807) is 17.4 Å². The van der Waals surface area contributed by atoms with Crippen LogP contribution in [0.3, 0.4) is 0 Å². The minimum atomic E-state index is -0.573. The number of nitrogens with one attached hydrogen (secondary N) is 1. The number of anilines is 1. The third kappa shape index (κ3) is 3.27. The number of hydrogen-bond donors (Lipinski definition) is 1. The number of benzene rings is 1. The Morgan fingerprint density at radius 1 is 1.26 bits per heavy atom. The molecule has 1 aromatic carbocycles. The summed E-state index contributed by atoms with van der Waals surface area (Å²) in [6.07, 6.45) is 0. The van der Waals surface area contributed by atoms with Crippen LogP contribution in [0, 0.1) is 17.0 Å². The van der Waals surface area contributed by atoms with E-state index in [2.05, 4.69) is 10.3 Å². The van der Waals surface area contributed by atoms with Crippen molar-refractivity contribution in [2.45, 2.75) is 6.92 Å². The average molecular weight is 345 g/mol. The molecule has 3 rings (SSSR count). The standard InChI is InChI=1S/C15H11N3O3S2/c1-9-6-7-13(23-9)11-8-22-15(16-11)17-14(19)10-4-2-3-5-12(10)18(20)21/h2-8H,1H3,(H,16,17,19). The molecule has 6 nitrogen and oxygen atoms in total. The zero-order valence-corrected chi connectivity index (χ0v) is 13.6. The van der Waals surface area contributed by atoms with Gasteiger partial charge in [-0.3, -0.25) is 20.2 Å². The van der Waals surface area contributed by atoms with Crippen LogP contribution in [0.15, 0.2) is 41.8 Å². The monoisotopic (exact) mass is 345 g/mol. The molecule has 0 radical (unpaired) electrons. The van der Waals surface area contributed by atoms with Crippen LogP contribution < -0.4 is 5.32 Å². The first kappa shape index (κ1) is 15.3. The van der Waals surface area contributed by atoms with E-state index in [1.807, 2.05) is 24.4 Å². The summed E-state index contributed by atoms with van der Waals surface area (Å²) in [7, 11) is 0. The van der Waals surface area contributed by atoms with Crippen molar-refractivity contribution in [3.05, 3.63) is 62.3 Å². The summed E-state index contributed by atoms with van der Waals surface area (Å²) in [5.41, 5.74) is 0.572. The van der Waals surface area contributed by atoms with Crippen molar-refractivity contribution in [3.63, 3.8) is 0 Å². The second-order valence-corrected chi connectivity index (χ2v) is 6.82. The highest BCUT2D eigenvalue weighted by Crippen LogP contribution is 2.30. The number of thiophene rings is 1. The molecule has 0 aliphatic rings. The third-order valence-corrected chi connectivity index (χ3v) is 4.84. The number of nitrogens with zero attached hydrogens (tertiary/aromatic N) is 2. The summed E-state index contributed by atoms with van der Waals surface area (Å²) < 4.78 is 0. The number of aryl methyl sites for hydroxylation is 1. The van der Waals surface area contributed by atoms with Gasteiger partial charge in [-0.05, 0) is 25.1 Å². The number of hydrogen-bond acceptors (Lipinski definition) is 6. The molecule has 8 heteroatoms. The lowest BCUT2D eigenvalue weighted by molar-refractivity contribution is -0.385. The second kappa shape index (κ2) is 6.27. The van der Waals surface area contributed by atoms with Gasteiger partial charge in [0, 0.05) is 16.3 Å². The number of carbonyl (C=O) groups is 1. The van der Waals surface area contributed by atoms with Crippen molar-refractivity contribution < 1.29 is 9.72 Å². The van der Waals surface area contributed by atoms with Gasteiger partial charge in [0.15, 0.2) is 5.13 Å². The van der Waals surface area contributed by atoms with Crippen molar-refractivity contribution in [1.29, 1.82) is 0 Å². The second-order valence-electron chi connectivity index (χ2n) is 4.68. The van der Waals surface area contributed by atoms with Gasteiger partial charge >= 0.3 is 0 Å². The molecule has 0 saturated carbocycles. The molecule has 0 saturated heterocycles. The molecular formula is C15H11N3O3S2. The zero-order chi connectivity index (χ0) is 16.4. The molecule has 116 valence electrons. The van der Waals surface area contributed by atoms with E-state index in [-0.39, 0.29) is 11.3 Å². The number of amides is 1. The Bertz CT molecular complexity index is 885. The summed E-state index contributed by atoms with van der Waals surface area (Å²) >= 11 is 2.90. The predicted molar refractivity (Wildman–Crippen MR) is 91.2 cm³/mol. The van der Waals surface area contributed by atoms with Gasteiger partial charge in [-0.2, -0.15) is 0 Å². The SMILES string of the molecule is Cc1ccc(-c2csc(NC(=O)c3ccccc3[N+](=O)[O-])n2)s1. The molecule has 0 bridgehead atoms. The van der Waals surface area contributed by atoms with E-state index < -0.39 is 10.8 Å². The van der Waals surface area contributed by atoms with E-state index in [9.17, 15) is 14.9 Å². The van der Waals surface area contributed by atoms with Crippen LogP contribution >= 0.6 is 22.7 Å². The normalized spacial score (nSPS) is 10.5. The molecule has 0 aliphatic carbocycles. The highest BCUT2D eigenvalue weighted by molar-refractivity contribution is 7.17. The van der Waals surface area contributed by atoms with Gasteiger partial charge in [0.1, 0.15) is 5.56 Å². The third-order valence-electron chi connectivity index (χ3n) is 3.06. The summed E-state index contributed by atoms with van der Waals surface area (Å²) in [6.45, 7) is 2.01. The molecule has 0 aliphatic heterocycles. The maximum atomic E-state index is 12.2. The van der Waals surface area contributed by atoms with E-state index in [0.717, 1.165) is 10.6 Å². The molecule has 0 unspecified atom stereocenters. The number of aromatic nitrogens is 1. The van der Waals surface area contributed by atoms with Gasteiger partial charge in [0.05, 0.1) is 15.5 Å². The van der Waals surface area contributed by atoms with Crippen molar-refractivity contribution in [2.24, 2.45) is 0 Å². The largest absolute Gasteiger partial charge is 0.298 e. The summed E-state index contributed by atoms with van der Waals surface area (Å²) in [5, 5.41) is 15.9. The Labute approximate surface area is 139 Å². The quantitative estimate of drug-likeness (QED) is 0.563. The lowest BCUT2D eigenvalue weighted by Gasteiger charge is -2.02. The van der Waals surface area contributed by atoms with Gasteiger partial charge in [0.2, 0.25) is 0 Å². The summed E-state index contributed by atoms with van der Waals surface area (Å²) in [6, 6.07) is 9.81. The first-order chi connectivity index (χ1) is 11.0.